The van der Waals surface area contributed by atoms with Gasteiger partial charge in [-0.3, -0.25) is 9.78 Å². The lowest BCUT2D eigenvalue weighted by Gasteiger charge is -2.42. The molecule has 1 aromatic carbocycles. The average Bonchev–Trinajstić information content (AvgIpc) is 3.37. The van der Waals surface area contributed by atoms with Crippen molar-refractivity contribution in [2.24, 2.45) is 5.92 Å². The molecule has 1 aliphatic rings. The Hall–Kier alpha value is -4.80. The van der Waals surface area contributed by atoms with Crippen LogP contribution >= 0.6 is 0 Å². The number of nitrogens with zero attached hydrogens (tertiary/aromatic N) is 5. The highest BCUT2D eigenvalue weighted by Crippen LogP contribution is 2.45. The Morgan fingerprint density at radius 2 is 1.85 bits per heavy atom. The van der Waals surface area contributed by atoms with Gasteiger partial charge in [0.05, 0.1) is 17.7 Å². The third-order valence-electron chi connectivity index (χ3n) is 6.50. The monoisotopic (exact) mass is 531 g/mol. The number of benzene rings is 1. The summed E-state index contributed by atoms with van der Waals surface area (Å²) in [4.78, 5) is 30.5. The first-order chi connectivity index (χ1) is 18.7. The molecule has 11 heteroatoms. The molecule has 0 aliphatic heterocycles. The van der Waals surface area contributed by atoms with Crippen molar-refractivity contribution in [1.29, 1.82) is 0 Å². The van der Waals surface area contributed by atoms with Crippen LogP contribution in [0.3, 0.4) is 0 Å². The van der Waals surface area contributed by atoms with Crippen LogP contribution in [0.4, 0.5) is 24.8 Å². The van der Waals surface area contributed by atoms with E-state index in [0.717, 1.165) is 6.08 Å². The molecule has 0 radical (unpaired) electrons. The molecular weight excluding hydrogens is 507 g/mol. The van der Waals surface area contributed by atoms with Gasteiger partial charge in [0.25, 0.3) is 5.91 Å². The predicted octanol–water partition coefficient (Wildman–Crippen LogP) is 5.51. The lowest BCUT2D eigenvalue weighted by molar-refractivity contribution is -0.113. The van der Waals surface area contributed by atoms with E-state index in [9.17, 15) is 18.0 Å². The first-order valence-electron chi connectivity index (χ1n) is 12.1. The molecule has 8 nitrogen and oxygen atoms in total. The molecule has 1 aliphatic carbocycles. The quantitative estimate of drug-likeness (QED) is 0.341. The van der Waals surface area contributed by atoms with Gasteiger partial charge in [-0.05, 0) is 49.4 Å². The number of halogens is 3. The van der Waals surface area contributed by atoms with Crippen LogP contribution in [0.25, 0.3) is 11.3 Å². The van der Waals surface area contributed by atoms with E-state index in [0.29, 0.717) is 22.6 Å². The molecule has 0 fully saturated rings. The van der Waals surface area contributed by atoms with Gasteiger partial charge >= 0.3 is 6.18 Å². The van der Waals surface area contributed by atoms with Crippen LogP contribution in [0.15, 0.2) is 103 Å². The first kappa shape index (κ1) is 25.8. The summed E-state index contributed by atoms with van der Waals surface area (Å²) in [6.07, 6.45) is 5.43. The van der Waals surface area contributed by atoms with Crippen LogP contribution in [-0.2, 0) is 10.5 Å². The van der Waals surface area contributed by atoms with Crippen molar-refractivity contribution < 1.29 is 18.0 Å². The predicted molar refractivity (Wildman–Crippen MR) is 140 cm³/mol. The largest absolute Gasteiger partial charge is 0.413 e. The van der Waals surface area contributed by atoms with Gasteiger partial charge in [-0.2, -0.15) is 13.2 Å². The second kappa shape index (κ2) is 10.2. The van der Waals surface area contributed by atoms with Crippen LogP contribution in [0.2, 0.25) is 0 Å². The Morgan fingerprint density at radius 1 is 1.05 bits per heavy atom. The van der Waals surface area contributed by atoms with Gasteiger partial charge in [-0.25, -0.2) is 15.0 Å². The molecular formula is C28H24F3N7O. The van der Waals surface area contributed by atoms with E-state index in [-0.39, 0.29) is 11.5 Å². The van der Waals surface area contributed by atoms with Crippen LogP contribution < -0.4 is 10.6 Å². The lowest BCUT2D eigenvalue weighted by Crippen LogP contribution is -2.50. The molecule has 4 aromatic rings. The zero-order valence-electron chi connectivity index (χ0n) is 21.0. The summed E-state index contributed by atoms with van der Waals surface area (Å²) in [5.74, 6) is -1.83. The Labute approximate surface area is 222 Å². The smallest absolute Gasteiger partial charge is 0.327 e. The van der Waals surface area contributed by atoms with E-state index in [1.54, 1.807) is 68.0 Å². The Morgan fingerprint density at radius 3 is 2.51 bits per heavy atom. The van der Waals surface area contributed by atoms with Crippen molar-refractivity contribution in [2.45, 2.75) is 25.7 Å². The number of carbonyl (C=O) groups is 1. The molecule has 0 saturated heterocycles. The number of alkyl halides is 3. The number of amides is 1. The van der Waals surface area contributed by atoms with Gasteiger partial charge in [-0.15, -0.1) is 0 Å². The molecule has 3 heterocycles. The van der Waals surface area contributed by atoms with E-state index in [1.165, 1.54) is 30.1 Å². The number of hydrogen-bond donors (Lipinski definition) is 2. The summed E-state index contributed by atoms with van der Waals surface area (Å²) in [7, 11) is 0. The van der Waals surface area contributed by atoms with Crippen LogP contribution in [0, 0.1) is 12.8 Å². The summed E-state index contributed by atoms with van der Waals surface area (Å²) in [6.45, 7) is 3.17. The van der Waals surface area contributed by atoms with Gasteiger partial charge < -0.3 is 15.2 Å². The van der Waals surface area contributed by atoms with E-state index in [1.807, 2.05) is 6.07 Å². The molecule has 0 saturated carbocycles. The second-order valence-corrected chi connectivity index (χ2v) is 9.12. The normalized spacial score (nSPS) is 19.2. The molecule has 0 unspecified atom stereocenters. The van der Waals surface area contributed by atoms with Crippen molar-refractivity contribution in [2.75, 3.05) is 10.6 Å². The van der Waals surface area contributed by atoms with Crippen molar-refractivity contribution >= 4 is 17.5 Å². The van der Waals surface area contributed by atoms with E-state index < -0.39 is 29.2 Å². The fraction of sp³-hybridized carbons (Fsp3) is 0.179. The summed E-state index contributed by atoms with van der Waals surface area (Å²) in [5, 5.41) is 5.80. The lowest BCUT2D eigenvalue weighted by atomic mass is 9.79. The van der Waals surface area contributed by atoms with E-state index >= 15 is 0 Å². The molecule has 198 valence electrons. The maximum Gasteiger partial charge on any atom is 0.413 e. The Balaban J connectivity index is 1.64. The highest BCUT2D eigenvalue weighted by Gasteiger charge is 2.50. The SMILES string of the molecule is Cc1cn([C@@]2(Nc3nccc(-c4cccnc4)n3)C=C(C(=O)Nc3ccccc3)C=C(C(F)(F)F)[C@@H]2C)cn1. The minimum Gasteiger partial charge on any atom is -0.327 e. The minimum atomic E-state index is -4.72. The summed E-state index contributed by atoms with van der Waals surface area (Å²) in [6, 6.07) is 13.8. The van der Waals surface area contributed by atoms with Gasteiger partial charge in [0.15, 0.2) is 0 Å². The van der Waals surface area contributed by atoms with Gasteiger partial charge in [-0.1, -0.05) is 25.1 Å². The molecule has 1 amide bonds. The van der Waals surface area contributed by atoms with Gasteiger partial charge in [0.1, 0.15) is 5.66 Å². The van der Waals surface area contributed by atoms with Gasteiger partial charge in [0, 0.05) is 53.1 Å². The number of pyridine rings is 1. The summed E-state index contributed by atoms with van der Waals surface area (Å²) < 4.78 is 44.8. The summed E-state index contributed by atoms with van der Waals surface area (Å²) >= 11 is 0. The maximum absolute atomic E-state index is 14.4. The molecule has 3 aromatic heterocycles. The molecule has 0 bridgehead atoms. The van der Waals surface area contributed by atoms with Crippen molar-refractivity contribution in [3.05, 3.63) is 109 Å². The number of rotatable bonds is 6. The third kappa shape index (κ3) is 5.28. The van der Waals surface area contributed by atoms with Crippen molar-refractivity contribution in [1.82, 2.24) is 24.5 Å². The number of aryl methyl sites for hydroxylation is 1. The number of para-hydroxylation sites is 1. The zero-order valence-corrected chi connectivity index (χ0v) is 21.0. The average molecular weight is 532 g/mol. The van der Waals surface area contributed by atoms with Crippen molar-refractivity contribution in [3.63, 3.8) is 0 Å². The Kier molecular flexibility index (Phi) is 6.73. The van der Waals surface area contributed by atoms with Crippen LogP contribution in [0.1, 0.15) is 12.6 Å². The highest BCUT2D eigenvalue weighted by molar-refractivity contribution is 6.06. The number of carbonyl (C=O) groups excluding carboxylic acids is 1. The maximum atomic E-state index is 14.4. The van der Waals surface area contributed by atoms with E-state index in [4.69, 9.17) is 0 Å². The minimum absolute atomic E-state index is 0.0667. The molecule has 2 atom stereocenters. The molecule has 0 spiro atoms. The number of hydrogen-bond acceptors (Lipinski definition) is 6. The fourth-order valence-corrected chi connectivity index (χ4v) is 4.52. The van der Waals surface area contributed by atoms with Crippen LogP contribution in [-0.4, -0.2) is 36.6 Å². The summed E-state index contributed by atoms with van der Waals surface area (Å²) in [5.41, 5.74) is -0.413. The second-order valence-electron chi connectivity index (χ2n) is 9.12. The third-order valence-corrected chi connectivity index (χ3v) is 6.50. The molecule has 5 rings (SSSR count). The molecule has 39 heavy (non-hydrogen) atoms. The molecule has 2 N–H and O–H groups in total. The number of nitrogens with one attached hydrogen (secondary N) is 2. The number of anilines is 2. The van der Waals surface area contributed by atoms with E-state index in [2.05, 4.69) is 30.6 Å². The number of aromatic nitrogens is 5. The Bertz CT molecular complexity index is 1550. The standard InChI is InChI=1S/C28H24F3N7O/c1-18-16-38(17-34-18)27(37-26-33-12-10-24(36-26)20-7-6-11-32-15-20)14-21(13-23(19(27)2)28(29,30)31)25(39)35-22-8-4-3-5-9-22/h3-17,19H,1-2H3,(H,35,39)(H,33,36,37)/t19-,27-/m0/s1. The van der Waals surface area contributed by atoms with Gasteiger partial charge in [0.2, 0.25) is 5.95 Å². The highest BCUT2D eigenvalue weighted by atomic mass is 19.4. The fourth-order valence-electron chi connectivity index (χ4n) is 4.52. The zero-order chi connectivity index (χ0) is 27.6. The first-order valence-corrected chi connectivity index (χ1v) is 12.1. The van der Waals surface area contributed by atoms with Crippen molar-refractivity contribution in [3.8, 4) is 11.3 Å². The topological polar surface area (TPSA) is 97.6 Å². The number of imidazole rings is 1. The van der Waals surface area contributed by atoms with Crippen LogP contribution in [0.5, 0.6) is 0 Å².